The number of imide groups is 2. The van der Waals surface area contributed by atoms with Gasteiger partial charge in [0.05, 0.1) is 10.7 Å². The van der Waals surface area contributed by atoms with Gasteiger partial charge in [-0.2, -0.15) is 0 Å². The van der Waals surface area contributed by atoms with Crippen molar-refractivity contribution >= 4 is 51.1 Å². The maximum Gasteiger partial charge on any atom is 0.335 e. The molecule has 1 aromatic rings. The third kappa shape index (κ3) is 1.78. The number of rotatable bonds is 1. The van der Waals surface area contributed by atoms with E-state index in [4.69, 9.17) is 11.6 Å². The summed E-state index contributed by atoms with van der Waals surface area (Å²) in [5.74, 6) is -0.987. The van der Waals surface area contributed by atoms with Gasteiger partial charge in [0.25, 0.3) is 5.91 Å². The van der Waals surface area contributed by atoms with Crippen molar-refractivity contribution in [3.63, 3.8) is 0 Å². The largest absolute Gasteiger partial charge is 0.335 e. The molecular formula is C13H10BrClN2O3. The molecule has 1 N–H and O–H groups in total. The first-order valence-corrected chi connectivity index (χ1v) is 7.28. The minimum Gasteiger partial charge on any atom is -0.276 e. The zero-order valence-electron chi connectivity index (χ0n) is 10.3. The quantitative estimate of drug-likeness (QED) is 0.786. The monoisotopic (exact) mass is 356 g/mol. The lowest BCUT2D eigenvalue weighted by atomic mass is 9.66. The molecule has 7 heteroatoms. The Balaban J connectivity index is 2.08. The van der Waals surface area contributed by atoms with Crippen LogP contribution in [0.5, 0.6) is 0 Å². The van der Waals surface area contributed by atoms with Gasteiger partial charge in [0.15, 0.2) is 0 Å². The third-order valence-electron chi connectivity index (χ3n) is 3.83. The van der Waals surface area contributed by atoms with Crippen molar-refractivity contribution < 1.29 is 14.4 Å². The number of halogens is 2. The maximum absolute atomic E-state index is 12.6. The number of carbonyl (C=O) groups excluding carboxylic acids is 3. The van der Waals surface area contributed by atoms with Gasteiger partial charge in [-0.15, -0.1) is 0 Å². The summed E-state index contributed by atoms with van der Waals surface area (Å²) >= 11 is 9.35. The number of nitrogens with one attached hydrogen (secondary N) is 1. The van der Waals surface area contributed by atoms with Gasteiger partial charge in [0.1, 0.15) is 5.41 Å². The summed E-state index contributed by atoms with van der Waals surface area (Å²) in [4.78, 5) is 37.5. The van der Waals surface area contributed by atoms with Crippen LogP contribution in [0.3, 0.4) is 0 Å². The molecule has 104 valence electrons. The molecule has 4 amide bonds. The Morgan fingerprint density at radius 3 is 2.55 bits per heavy atom. The molecule has 1 saturated carbocycles. The molecule has 20 heavy (non-hydrogen) atoms. The summed E-state index contributed by atoms with van der Waals surface area (Å²) in [5.41, 5.74) is -0.818. The molecule has 0 bridgehead atoms. The lowest BCUT2D eigenvalue weighted by Gasteiger charge is -2.44. The fourth-order valence-electron chi connectivity index (χ4n) is 2.52. The number of urea groups is 1. The Kier molecular flexibility index (Phi) is 3.10. The van der Waals surface area contributed by atoms with Crippen LogP contribution in [0.2, 0.25) is 5.02 Å². The van der Waals surface area contributed by atoms with Crippen LogP contribution in [-0.2, 0) is 9.59 Å². The Morgan fingerprint density at radius 2 is 1.95 bits per heavy atom. The van der Waals surface area contributed by atoms with Crippen molar-refractivity contribution in [2.45, 2.75) is 19.3 Å². The molecule has 0 radical (unpaired) electrons. The molecule has 1 aliphatic heterocycles. The van der Waals surface area contributed by atoms with Crippen molar-refractivity contribution in [3.05, 3.63) is 27.7 Å². The second-order valence-corrected chi connectivity index (χ2v) is 6.25. The molecule has 2 fully saturated rings. The summed E-state index contributed by atoms with van der Waals surface area (Å²) in [7, 11) is 0. The highest BCUT2D eigenvalue weighted by molar-refractivity contribution is 9.10. The van der Waals surface area contributed by atoms with Crippen LogP contribution in [0.4, 0.5) is 10.5 Å². The lowest BCUT2D eigenvalue weighted by Crippen LogP contribution is -2.66. The minimum atomic E-state index is -1.10. The zero-order chi connectivity index (χ0) is 14.5. The fourth-order valence-corrected chi connectivity index (χ4v) is 3.07. The van der Waals surface area contributed by atoms with Gasteiger partial charge in [-0.05, 0) is 31.0 Å². The number of nitrogens with zero attached hydrogens (tertiary/aromatic N) is 1. The number of anilines is 1. The average Bonchev–Trinajstić information content (AvgIpc) is 2.31. The van der Waals surface area contributed by atoms with Gasteiger partial charge in [0, 0.05) is 4.47 Å². The topological polar surface area (TPSA) is 66.5 Å². The number of amides is 4. The molecular weight excluding hydrogens is 348 g/mol. The van der Waals surface area contributed by atoms with Crippen molar-refractivity contribution in [2.75, 3.05) is 4.90 Å². The highest BCUT2D eigenvalue weighted by atomic mass is 79.9. The molecule has 0 aromatic heterocycles. The van der Waals surface area contributed by atoms with E-state index >= 15 is 0 Å². The van der Waals surface area contributed by atoms with Crippen LogP contribution in [-0.4, -0.2) is 17.8 Å². The molecule has 1 saturated heterocycles. The van der Waals surface area contributed by atoms with Gasteiger partial charge < -0.3 is 0 Å². The smallest absolute Gasteiger partial charge is 0.276 e. The Morgan fingerprint density at radius 1 is 1.25 bits per heavy atom. The predicted molar refractivity (Wildman–Crippen MR) is 76.5 cm³/mol. The maximum atomic E-state index is 12.6. The Hall–Kier alpha value is -1.40. The van der Waals surface area contributed by atoms with E-state index < -0.39 is 23.3 Å². The van der Waals surface area contributed by atoms with E-state index in [1.807, 2.05) is 0 Å². The highest BCUT2D eigenvalue weighted by Gasteiger charge is 2.57. The summed E-state index contributed by atoms with van der Waals surface area (Å²) in [6.45, 7) is 0. The first-order chi connectivity index (χ1) is 9.45. The first-order valence-electron chi connectivity index (χ1n) is 6.11. The van der Waals surface area contributed by atoms with Crippen LogP contribution >= 0.6 is 27.5 Å². The summed E-state index contributed by atoms with van der Waals surface area (Å²) < 4.78 is 0.692. The molecule has 1 aromatic carbocycles. The SMILES string of the molecule is O=C1NC(=O)C2(CCC2)C(=O)N1c1cc(Br)ccc1Cl. The minimum absolute atomic E-state index is 0.278. The van der Waals surface area contributed by atoms with Gasteiger partial charge in [-0.3, -0.25) is 14.9 Å². The van der Waals surface area contributed by atoms with Gasteiger partial charge in [-0.25, -0.2) is 9.69 Å². The zero-order valence-corrected chi connectivity index (χ0v) is 12.6. The Bertz CT molecular complexity index is 643. The van der Waals surface area contributed by atoms with Gasteiger partial charge in [0.2, 0.25) is 5.91 Å². The number of hydrogen-bond donors (Lipinski definition) is 1. The number of hydrogen-bond acceptors (Lipinski definition) is 3. The van der Waals surface area contributed by atoms with E-state index in [2.05, 4.69) is 21.2 Å². The second-order valence-electron chi connectivity index (χ2n) is 4.93. The fraction of sp³-hybridized carbons (Fsp3) is 0.308. The summed E-state index contributed by atoms with van der Waals surface area (Å²) in [6, 6.07) is 4.13. The summed E-state index contributed by atoms with van der Waals surface area (Å²) in [6.07, 6.45) is 1.73. The van der Waals surface area contributed by atoms with Crippen molar-refractivity contribution in [1.29, 1.82) is 0 Å². The van der Waals surface area contributed by atoms with E-state index in [1.165, 1.54) is 0 Å². The Labute approximate surface area is 128 Å². The number of barbiturate groups is 1. The van der Waals surface area contributed by atoms with Gasteiger partial charge >= 0.3 is 6.03 Å². The molecule has 2 aliphatic rings. The third-order valence-corrected chi connectivity index (χ3v) is 4.64. The van der Waals surface area contributed by atoms with Crippen molar-refractivity contribution in [2.24, 2.45) is 5.41 Å². The number of benzene rings is 1. The van der Waals surface area contributed by atoms with E-state index in [0.29, 0.717) is 17.3 Å². The van der Waals surface area contributed by atoms with Crippen LogP contribution in [0.25, 0.3) is 0 Å². The van der Waals surface area contributed by atoms with Gasteiger partial charge in [-0.1, -0.05) is 34.0 Å². The molecule has 0 unspecified atom stereocenters. The lowest BCUT2D eigenvalue weighted by molar-refractivity contribution is -0.148. The number of carbonyl (C=O) groups is 3. The molecule has 5 nitrogen and oxygen atoms in total. The van der Waals surface area contributed by atoms with Crippen LogP contribution < -0.4 is 10.2 Å². The molecule has 1 aliphatic carbocycles. The summed E-state index contributed by atoms with van der Waals surface area (Å²) in [5, 5.41) is 2.53. The van der Waals surface area contributed by atoms with Crippen molar-refractivity contribution in [1.82, 2.24) is 5.32 Å². The van der Waals surface area contributed by atoms with Crippen LogP contribution in [0.15, 0.2) is 22.7 Å². The normalized spacial score (nSPS) is 20.9. The molecule has 1 spiro atoms. The van der Waals surface area contributed by atoms with Crippen molar-refractivity contribution in [3.8, 4) is 0 Å². The first kappa shape index (κ1) is 13.6. The molecule has 0 atom stereocenters. The highest BCUT2D eigenvalue weighted by Crippen LogP contribution is 2.46. The molecule has 1 heterocycles. The van der Waals surface area contributed by atoms with E-state index in [9.17, 15) is 14.4 Å². The van der Waals surface area contributed by atoms with Crippen LogP contribution in [0, 0.1) is 5.41 Å². The van der Waals surface area contributed by atoms with Crippen LogP contribution in [0.1, 0.15) is 19.3 Å². The van der Waals surface area contributed by atoms with E-state index in [0.717, 1.165) is 11.3 Å². The predicted octanol–water partition coefficient (Wildman–Crippen LogP) is 2.86. The van der Waals surface area contributed by atoms with E-state index in [-0.39, 0.29) is 10.7 Å². The van der Waals surface area contributed by atoms with E-state index in [1.54, 1.807) is 18.2 Å². The standard InChI is InChI=1S/C13H10BrClN2O3/c14-7-2-3-8(15)9(6-7)17-11(19)13(4-1-5-13)10(18)16-12(17)20/h2-3,6H,1,4-5H2,(H,16,18,20). The molecule has 3 rings (SSSR count). The second kappa shape index (κ2) is 4.56. The average molecular weight is 358 g/mol.